The van der Waals surface area contributed by atoms with E-state index < -0.39 is 30.1 Å². The maximum atomic E-state index is 11.6. The van der Waals surface area contributed by atoms with Crippen LogP contribution in [-0.2, 0) is 9.59 Å². The van der Waals surface area contributed by atoms with Gasteiger partial charge in [0.05, 0.1) is 12.6 Å². The van der Waals surface area contributed by atoms with Crippen molar-refractivity contribution < 1.29 is 29.7 Å². The highest BCUT2D eigenvalue weighted by molar-refractivity contribution is 5.83. The number of urea groups is 1. The maximum absolute atomic E-state index is 11.6. The maximum Gasteiger partial charge on any atom is 0.326 e. The molecular formula is C10H18N2O6. The smallest absolute Gasteiger partial charge is 0.326 e. The molecule has 0 aliphatic rings. The Balaban J connectivity index is 4.45. The number of carboxylic acids is 2. The summed E-state index contributed by atoms with van der Waals surface area (Å²) >= 11 is 0. The molecule has 0 aliphatic heterocycles. The molecule has 0 aromatic heterocycles. The zero-order chi connectivity index (χ0) is 14.3. The van der Waals surface area contributed by atoms with Crippen LogP contribution in [0.15, 0.2) is 0 Å². The van der Waals surface area contributed by atoms with Crippen molar-refractivity contribution in [2.45, 2.75) is 31.8 Å². The first-order valence-corrected chi connectivity index (χ1v) is 5.38. The fourth-order valence-corrected chi connectivity index (χ4v) is 1.10. The van der Waals surface area contributed by atoms with Crippen LogP contribution < -0.4 is 5.32 Å². The van der Waals surface area contributed by atoms with Gasteiger partial charge in [-0.2, -0.15) is 0 Å². The van der Waals surface area contributed by atoms with Crippen molar-refractivity contribution >= 4 is 18.0 Å². The fraction of sp³-hybridized carbons (Fsp3) is 0.700. The molecule has 2 amide bonds. The van der Waals surface area contributed by atoms with Crippen LogP contribution in [0, 0.1) is 0 Å². The van der Waals surface area contributed by atoms with Gasteiger partial charge in [0.1, 0.15) is 6.04 Å². The van der Waals surface area contributed by atoms with Crippen LogP contribution in [0.3, 0.4) is 0 Å². The number of carbonyl (C=O) groups is 3. The van der Waals surface area contributed by atoms with E-state index in [2.05, 4.69) is 5.32 Å². The molecule has 0 spiro atoms. The van der Waals surface area contributed by atoms with Crippen molar-refractivity contribution in [1.29, 1.82) is 0 Å². The summed E-state index contributed by atoms with van der Waals surface area (Å²) in [6.07, 6.45) is -0.547. The number of hydrogen-bond donors (Lipinski definition) is 4. The quantitative estimate of drug-likeness (QED) is 0.481. The highest BCUT2D eigenvalue weighted by Gasteiger charge is 2.24. The first-order valence-electron chi connectivity index (χ1n) is 5.38. The van der Waals surface area contributed by atoms with Gasteiger partial charge >= 0.3 is 18.0 Å². The van der Waals surface area contributed by atoms with Gasteiger partial charge in [-0.1, -0.05) is 0 Å². The van der Waals surface area contributed by atoms with Crippen LogP contribution in [-0.4, -0.2) is 63.9 Å². The molecule has 0 radical (unpaired) electrons. The number of likely N-dealkylation sites (N-methyl/N-ethyl adjacent to an activating group) is 1. The number of nitrogens with one attached hydrogen (secondary N) is 1. The number of nitrogens with zero attached hydrogens (tertiary/aromatic N) is 1. The molecule has 8 nitrogen and oxygen atoms in total. The molecule has 0 aliphatic carbocycles. The Labute approximate surface area is 104 Å². The molecular weight excluding hydrogens is 244 g/mol. The molecule has 104 valence electrons. The number of carboxylic acid groups (broad SMARTS) is 2. The normalized spacial score (nSPS) is 13.5. The minimum atomic E-state index is -1.30. The average molecular weight is 262 g/mol. The van der Waals surface area contributed by atoms with E-state index in [0.717, 1.165) is 4.90 Å². The summed E-state index contributed by atoms with van der Waals surface area (Å²) in [4.78, 5) is 33.9. The summed E-state index contributed by atoms with van der Waals surface area (Å²) < 4.78 is 0. The van der Waals surface area contributed by atoms with Crippen LogP contribution in [0.5, 0.6) is 0 Å². The number of rotatable bonds is 7. The van der Waals surface area contributed by atoms with E-state index in [9.17, 15) is 14.4 Å². The van der Waals surface area contributed by atoms with Gasteiger partial charge in [-0.25, -0.2) is 9.59 Å². The molecule has 0 heterocycles. The van der Waals surface area contributed by atoms with Gasteiger partial charge in [-0.3, -0.25) is 4.79 Å². The topological polar surface area (TPSA) is 127 Å². The molecule has 8 heteroatoms. The summed E-state index contributed by atoms with van der Waals surface area (Å²) in [7, 11) is 1.41. The highest BCUT2D eigenvalue weighted by Crippen LogP contribution is 2.01. The Kier molecular flexibility index (Phi) is 6.73. The van der Waals surface area contributed by atoms with Gasteiger partial charge in [0.15, 0.2) is 0 Å². The molecule has 0 rings (SSSR count). The number of aliphatic hydroxyl groups excluding tert-OH is 1. The van der Waals surface area contributed by atoms with Gasteiger partial charge in [0.25, 0.3) is 0 Å². The molecule has 2 atom stereocenters. The van der Waals surface area contributed by atoms with Crippen molar-refractivity contribution in [3.63, 3.8) is 0 Å². The lowest BCUT2D eigenvalue weighted by atomic mass is 10.1. The first kappa shape index (κ1) is 16.2. The van der Waals surface area contributed by atoms with Crippen molar-refractivity contribution in [3.05, 3.63) is 0 Å². The van der Waals surface area contributed by atoms with Crippen molar-refractivity contribution in [1.82, 2.24) is 10.2 Å². The second-order valence-corrected chi connectivity index (χ2v) is 3.92. The zero-order valence-electron chi connectivity index (χ0n) is 10.3. The Bertz CT molecular complexity index is 319. The molecule has 0 bridgehead atoms. The van der Waals surface area contributed by atoms with Gasteiger partial charge < -0.3 is 25.5 Å². The second-order valence-electron chi connectivity index (χ2n) is 3.92. The molecule has 4 N–H and O–H groups in total. The molecule has 0 aromatic rings. The SMILES string of the molecule is CC(CO)N(C)C(=O)N[C@@H](CCC(=O)O)C(=O)O. The van der Waals surface area contributed by atoms with Crippen LogP contribution in [0.25, 0.3) is 0 Å². The summed E-state index contributed by atoms with van der Waals surface area (Å²) in [6, 6.07) is -2.39. The largest absolute Gasteiger partial charge is 0.481 e. The average Bonchev–Trinajstić information content (AvgIpc) is 2.31. The van der Waals surface area contributed by atoms with Crippen LogP contribution >= 0.6 is 0 Å². The summed E-state index contributed by atoms with van der Waals surface area (Å²) in [5, 5.41) is 28.4. The number of aliphatic hydroxyl groups is 1. The summed E-state index contributed by atoms with van der Waals surface area (Å²) in [5.74, 6) is -2.43. The molecule has 0 aromatic carbocycles. The Hall–Kier alpha value is -1.83. The Morgan fingerprint density at radius 2 is 1.83 bits per heavy atom. The van der Waals surface area contributed by atoms with E-state index in [0.29, 0.717) is 0 Å². The van der Waals surface area contributed by atoms with E-state index in [-0.39, 0.29) is 19.4 Å². The lowest BCUT2D eigenvalue weighted by Crippen LogP contribution is -2.50. The molecule has 1 unspecified atom stereocenters. The van der Waals surface area contributed by atoms with Gasteiger partial charge in [-0.15, -0.1) is 0 Å². The lowest BCUT2D eigenvalue weighted by molar-refractivity contribution is -0.140. The molecule has 0 fully saturated rings. The van der Waals surface area contributed by atoms with Gasteiger partial charge in [0, 0.05) is 13.5 Å². The number of amides is 2. The predicted octanol–water partition coefficient (Wildman–Crippen LogP) is -0.673. The van der Waals surface area contributed by atoms with Crippen molar-refractivity contribution in [2.75, 3.05) is 13.7 Å². The highest BCUT2D eigenvalue weighted by atomic mass is 16.4. The number of aliphatic carboxylic acids is 2. The number of carbonyl (C=O) groups excluding carboxylic acids is 1. The van der Waals surface area contributed by atoms with E-state index in [1.807, 2.05) is 0 Å². The standard InChI is InChI=1S/C10H18N2O6/c1-6(5-13)12(2)10(18)11-7(9(16)17)3-4-8(14)15/h6-7,13H,3-5H2,1-2H3,(H,11,18)(H,14,15)(H,16,17)/t6?,7-/m0/s1. The molecule has 0 saturated heterocycles. The Morgan fingerprint density at radius 1 is 1.28 bits per heavy atom. The predicted molar refractivity (Wildman–Crippen MR) is 61.1 cm³/mol. The summed E-state index contributed by atoms with van der Waals surface area (Å²) in [5.41, 5.74) is 0. The molecule has 18 heavy (non-hydrogen) atoms. The van der Waals surface area contributed by atoms with Crippen molar-refractivity contribution in [3.8, 4) is 0 Å². The third-order valence-electron chi connectivity index (χ3n) is 2.49. The monoisotopic (exact) mass is 262 g/mol. The molecule has 0 saturated carbocycles. The fourth-order valence-electron chi connectivity index (χ4n) is 1.10. The summed E-state index contributed by atoms with van der Waals surface area (Å²) in [6.45, 7) is 1.34. The third kappa shape index (κ3) is 5.48. The number of hydrogen-bond acceptors (Lipinski definition) is 4. The van der Waals surface area contributed by atoms with E-state index in [1.165, 1.54) is 7.05 Å². The minimum Gasteiger partial charge on any atom is -0.481 e. The van der Waals surface area contributed by atoms with Gasteiger partial charge in [0.2, 0.25) is 0 Å². The van der Waals surface area contributed by atoms with Gasteiger partial charge in [-0.05, 0) is 13.3 Å². The van der Waals surface area contributed by atoms with Crippen LogP contribution in [0.1, 0.15) is 19.8 Å². The Morgan fingerprint density at radius 3 is 2.22 bits per heavy atom. The van der Waals surface area contributed by atoms with Crippen molar-refractivity contribution in [2.24, 2.45) is 0 Å². The second kappa shape index (κ2) is 7.49. The van der Waals surface area contributed by atoms with E-state index in [4.69, 9.17) is 15.3 Å². The van der Waals surface area contributed by atoms with E-state index >= 15 is 0 Å². The minimum absolute atomic E-state index is 0.197. The lowest BCUT2D eigenvalue weighted by Gasteiger charge is -2.25. The van der Waals surface area contributed by atoms with Crippen LogP contribution in [0.2, 0.25) is 0 Å². The third-order valence-corrected chi connectivity index (χ3v) is 2.49. The van der Waals surface area contributed by atoms with Crippen LogP contribution in [0.4, 0.5) is 4.79 Å². The van der Waals surface area contributed by atoms with E-state index in [1.54, 1.807) is 6.92 Å². The zero-order valence-corrected chi connectivity index (χ0v) is 10.3. The first-order chi connectivity index (χ1) is 8.29.